The van der Waals surface area contributed by atoms with Gasteiger partial charge in [0.15, 0.2) is 0 Å². The second-order valence-corrected chi connectivity index (χ2v) is 5.05. The number of likely N-dealkylation sites (tertiary alicyclic amines) is 1. The van der Waals surface area contributed by atoms with Crippen LogP contribution in [0.1, 0.15) is 51.7 Å². The first kappa shape index (κ1) is 17.2. The number of piperidine rings is 1. The zero-order chi connectivity index (χ0) is 15.0. The van der Waals surface area contributed by atoms with E-state index in [1.54, 1.807) is 0 Å². The Kier molecular flexibility index (Phi) is 7.25. The van der Waals surface area contributed by atoms with Gasteiger partial charge in [0.25, 0.3) is 0 Å². The molecule has 0 bridgehead atoms. The molecule has 1 fully saturated rings. The van der Waals surface area contributed by atoms with Crippen molar-refractivity contribution in [1.29, 1.82) is 0 Å². The van der Waals surface area contributed by atoms with E-state index in [0.29, 0.717) is 0 Å². The summed E-state index contributed by atoms with van der Waals surface area (Å²) in [6.45, 7) is 11.2. The normalized spacial score (nSPS) is 20.1. The van der Waals surface area contributed by atoms with E-state index in [1.165, 1.54) is 11.1 Å². The summed E-state index contributed by atoms with van der Waals surface area (Å²) in [6.07, 6.45) is 3.36. The molecule has 1 aromatic rings. The summed E-state index contributed by atoms with van der Waals surface area (Å²) < 4.78 is 6.15. The summed E-state index contributed by atoms with van der Waals surface area (Å²) in [5.41, 5.74) is 2.98. The van der Waals surface area contributed by atoms with Gasteiger partial charge < -0.3 is 9.64 Å². The Morgan fingerprint density at radius 3 is 2.25 bits per heavy atom. The Balaban J connectivity index is 0.000000461. The van der Waals surface area contributed by atoms with E-state index in [0.717, 1.165) is 39.0 Å². The first-order valence-corrected chi connectivity index (χ1v) is 8.21. The first-order chi connectivity index (χ1) is 9.80. The van der Waals surface area contributed by atoms with Crippen LogP contribution in [-0.4, -0.2) is 31.6 Å². The molecule has 114 valence electrons. The Labute approximate surface area is 125 Å². The van der Waals surface area contributed by atoms with Crippen molar-refractivity contribution in [2.45, 2.75) is 52.6 Å². The summed E-state index contributed by atoms with van der Waals surface area (Å²) >= 11 is 0. The van der Waals surface area contributed by atoms with E-state index in [-0.39, 0.29) is 5.60 Å². The van der Waals surface area contributed by atoms with Gasteiger partial charge in [0.2, 0.25) is 0 Å². The second-order valence-electron chi connectivity index (χ2n) is 5.05. The van der Waals surface area contributed by atoms with Crippen LogP contribution >= 0.6 is 0 Å². The van der Waals surface area contributed by atoms with Gasteiger partial charge >= 0.3 is 0 Å². The second kappa shape index (κ2) is 8.43. The molecule has 1 saturated heterocycles. The van der Waals surface area contributed by atoms with E-state index in [1.807, 2.05) is 27.7 Å². The number of fused-ring (bicyclic) bond motifs is 2. The summed E-state index contributed by atoms with van der Waals surface area (Å²) in [5.74, 6) is 0. The highest BCUT2D eigenvalue weighted by Crippen LogP contribution is 2.40. The molecule has 0 aromatic heterocycles. The van der Waals surface area contributed by atoms with E-state index in [9.17, 15) is 0 Å². The van der Waals surface area contributed by atoms with Gasteiger partial charge in [-0.2, -0.15) is 0 Å². The number of ether oxygens (including phenoxy) is 1. The highest BCUT2D eigenvalue weighted by atomic mass is 16.5. The standard InChI is InChI=1S/C14H19NO.2C2H6/c1-15-9-7-14(8-10-15)13-5-3-2-4-12(13)6-11-16-14;2*1-2/h2-5H,6-11H2,1H3;2*1-2H3. The van der Waals surface area contributed by atoms with Crippen LogP contribution < -0.4 is 0 Å². The molecule has 1 spiro atoms. The lowest BCUT2D eigenvalue weighted by Gasteiger charge is -2.44. The van der Waals surface area contributed by atoms with Crippen LogP contribution in [-0.2, 0) is 16.8 Å². The smallest absolute Gasteiger partial charge is 0.0958 e. The van der Waals surface area contributed by atoms with Gasteiger partial charge in [-0.25, -0.2) is 0 Å². The maximum atomic E-state index is 6.15. The largest absolute Gasteiger partial charge is 0.370 e. The molecular weight excluding hydrogens is 246 g/mol. The van der Waals surface area contributed by atoms with Crippen molar-refractivity contribution in [1.82, 2.24) is 4.90 Å². The highest BCUT2D eigenvalue weighted by molar-refractivity contribution is 5.35. The molecule has 0 amide bonds. The monoisotopic (exact) mass is 277 g/mol. The summed E-state index contributed by atoms with van der Waals surface area (Å²) in [4.78, 5) is 2.39. The van der Waals surface area contributed by atoms with Crippen molar-refractivity contribution in [2.24, 2.45) is 0 Å². The molecule has 1 aromatic carbocycles. The van der Waals surface area contributed by atoms with Crippen molar-refractivity contribution in [3.8, 4) is 0 Å². The minimum Gasteiger partial charge on any atom is -0.370 e. The molecule has 2 nitrogen and oxygen atoms in total. The van der Waals surface area contributed by atoms with E-state index >= 15 is 0 Å². The van der Waals surface area contributed by atoms with Crippen LogP contribution in [0.15, 0.2) is 24.3 Å². The van der Waals surface area contributed by atoms with Gasteiger partial charge in [-0.1, -0.05) is 52.0 Å². The average Bonchev–Trinajstić information content (AvgIpc) is 2.55. The van der Waals surface area contributed by atoms with Gasteiger partial charge in [0.05, 0.1) is 12.2 Å². The third-order valence-electron chi connectivity index (χ3n) is 4.05. The molecular formula is C18H31NO. The van der Waals surface area contributed by atoms with Crippen LogP contribution in [0.3, 0.4) is 0 Å². The van der Waals surface area contributed by atoms with Crippen molar-refractivity contribution < 1.29 is 4.74 Å². The van der Waals surface area contributed by atoms with E-state index < -0.39 is 0 Å². The predicted molar refractivity (Wildman–Crippen MR) is 87.2 cm³/mol. The quantitative estimate of drug-likeness (QED) is 0.703. The molecule has 2 aliphatic rings. The molecule has 2 heterocycles. The number of rotatable bonds is 0. The minimum absolute atomic E-state index is 0.0291. The number of hydrogen-bond donors (Lipinski definition) is 0. The van der Waals surface area contributed by atoms with Gasteiger partial charge in [-0.05, 0) is 37.4 Å². The van der Waals surface area contributed by atoms with Crippen molar-refractivity contribution in [3.63, 3.8) is 0 Å². The topological polar surface area (TPSA) is 12.5 Å². The van der Waals surface area contributed by atoms with Crippen molar-refractivity contribution in [2.75, 3.05) is 26.7 Å². The minimum atomic E-state index is 0.0291. The molecule has 20 heavy (non-hydrogen) atoms. The summed E-state index contributed by atoms with van der Waals surface area (Å²) in [5, 5.41) is 0. The SMILES string of the molecule is CC.CC.CN1CCC2(CC1)OCCc1ccccc12. The fourth-order valence-corrected chi connectivity index (χ4v) is 3.01. The van der Waals surface area contributed by atoms with E-state index in [2.05, 4.69) is 36.2 Å². The zero-order valence-corrected chi connectivity index (χ0v) is 13.9. The molecule has 3 rings (SSSR count). The maximum Gasteiger partial charge on any atom is 0.0958 e. The van der Waals surface area contributed by atoms with Gasteiger partial charge in [0, 0.05) is 13.1 Å². The molecule has 0 unspecified atom stereocenters. The van der Waals surface area contributed by atoms with Crippen LogP contribution in [0.25, 0.3) is 0 Å². The molecule has 0 N–H and O–H groups in total. The average molecular weight is 277 g/mol. The van der Waals surface area contributed by atoms with Crippen LogP contribution in [0, 0.1) is 0 Å². The third-order valence-corrected chi connectivity index (χ3v) is 4.05. The van der Waals surface area contributed by atoms with Crippen LogP contribution in [0.5, 0.6) is 0 Å². The van der Waals surface area contributed by atoms with Gasteiger partial charge in [-0.15, -0.1) is 0 Å². The molecule has 0 aliphatic carbocycles. The van der Waals surface area contributed by atoms with Crippen LogP contribution in [0.2, 0.25) is 0 Å². The molecule has 2 aliphatic heterocycles. The Morgan fingerprint density at radius 1 is 1.00 bits per heavy atom. The van der Waals surface area contributed by atoms with E-state index in [4.69, 9.17) is 4.74 Å². The zero-order valence-electron chi connectivity index (χ0n) is 13.9. The van der Waals surface area contributed by atoms with Gasteiger partial charge in [0.1, 0.15) is 0 Å². The molecule has 0 saturated carbocycles. The number of benzene rings is 1. The molecule has 0 radical (unpaired) electrons. The van der Waals surface area contributed by atoms with Crippen molar-refractivity contribution in [3.05, 3.63) is 35.4 Å². The predicted octanol–water partition coefficient (Wildman–Crippen LogP) is 4.23. The van der Waals surface area contributed by atoms with Gasteiger partial charge in [-0.3, -0.25) is 0 Å². The summed E-state index contributed by atoms with van der Waals surface area (Å²) in [7, 11) is 2.20. The highest BCUT2D eigenvalue weighted by Gasteiger charge is 2.39. The van der Waals surface area contributed by atoms with Crippen molar-refractivity contribution >= 4 is 0 Å². The fourth-order valence-electron chi connectivity index (χ4n) is 3.01. The molecule has 2 heteroatoms. The maximum absolute atomic E-state index is 6.15. The molecule has 0 atom stereocenters. The van der Waals surface area contributed by atoms with Crippen LogP contribution in [0.4, 0.5) is 0 Å². The number of nitrogens with zero attached hydrogens (tertiary/aromatic N) is 1. The Bertz CT molecular complexity index is 381. The third kappa shape index (κ3) is 3.62. The lowest BCUT2D eigenvalue weighted by molar-refractivity contribution is -0.0950. The Morgan fingerprint density at radius 2 is 1.60 bits per heavy atom. The Hall–Kier alpha value is -0.860. The lowest BCUT2D eigenvalue weighted by Crippen LogP contribution is -2.45. The fraction of sp³-hybridized carbons (Fsp3) is 0.667. The number of hydrogen-bond acceptors (Lipinski definition) is 2. The summed E-state index contributed by atoms with van der Waals surface area (Å²) in [6, 6.07) is 8.82. The lowest BCUT2D eigenvalue weighted by atomic mass is 9.79. The first-order valence-electron chi connectivity index (χ1n) is 8.21.